The number of carbonyl (C=O) groups is 2. The van der Waals surface area contributed by atoms with Gasteiger partial charge in [0.2, 0.25) is 10.5 Å². The summed E-state index contributed by atoms with van der Waals surface area (Å²) in [5.74, 6) is -0.0569. The normalized spacial score (nSPS) is 28.1. The molecule has 0 fully saturated rings. The van der Waals surface area contributed by atoms with Crippen molar-refractivity contribution in [1.29, 1.82) is 0 Å². The van der Waals surface area contributed by atoms with Crippen molar-refractivity contribution in [2.24, 2.45) is 11.8 Å². The first kappa shape index (κ1) is 10.7. The largest absolute Gasteiger partial charge is 0.281 e. The number of allylic oxidation sites excluding steroid dienone is 2. The van der Waals surface area contributed by atoms with Crippen molar-refractivity contribution in [2.75, 3.05) is 0 Å². The van der Waals surface area contributed by atoms with E-state index in [2.05, 4.69) is 0 Å². The molecule has 0 aromatic rings. The maximum Gasteiger partial charge on any atom is 0.248 e. The van der Waals surface area contributed by atoms with Crippen LogP contribution in [0.5, 0.6) is 0 Å². The van der Waals surface area contributed by atoms with E-state index >= 15 is 0 Å². The molecule has 0 N–H and O–H groups in total. The summed E-state index contributed by atoms with van der Waals surface area (Å²) in [6.45, 7) is 1.97. The van der Waals surface area contributed by atoms with Crippen LogP contribution in [-0.4, -0.2) is 10.5 Å². The van der Waals surface area contributed by atoms with Crippen molar-refractivity contribution in [3.63, 3.8) is 0 Å². The second kappa shape index (κ2) is 4.25. The minimum absolute atomic E-state index is 0.287. The lowest BCUT2D eigenvalue weighted by Gasteiger charge is -2.21. The Hall–Kier alpha value is -0.340. The third-order valence-corrected chi connectivity index (χ3v) is 2.69. The SMILES string of the molecule is CC1CC(C(=O)Cl)=CC(C(=O)Cl)C1. The summed E-state index contributed by atoms with van der Waals surface area (Å²) in [7, 11) is 0. The van der Waals surface area contributed by atoms with Gasteiger partial charge in [-0.05, 0) is 42.0 Å². The van der Waals surface area contributed by atoms with Gasteiger partial charge in [0.05, 0.1) is 5.92 Å². The van der Waals surface area contributed by atoms with Gasteiger partial charge in [-0.15, -0.1) is 0 Å². The molecule has 2 atom stereocenters. The van der Waals surface area contributed by atoms with Gasteiger partial charge in [-0.1, -0.05) is 13.0 Å². The first-order valence-electron chi connectivity index (χ1n) is 4.10. The van der Waals surface area contributed by atoms with Crippen molar-refractivity contribution >= 4 is 33.7 Å². The average molecular weight is 221 g/mol. The Balaban J connectivity index is 2.85. The highest BCUT2D eigenvalue weighted by Crippen LogP contribution is 2.30. The molecule has 1 aliphatic carbocycles. The predicted molar refractivity (Wildman–Crippen MR) is 51.7 cm³/mol. The van der Waals surface area contributed by atoms with Crippen LogP contribution in [0.3, 0.4) is 0 Å². The van der Waals surface area contributed by atoms with Crippen LogP contribution < -0.4 is 0 Å². The molecule has 2 unspecified atom stereocenters. The van der Waals surface area contributed by atoms with Gasteiger partial charge in [-0.2, -0.15) is 0 Å². The van der Waals surface area contributed by atoms with Gasteiger partial charge in [0.15, 0.2) is 0 Å². The van der Waals surface area contributed by atoms with Crippen molar-refractivity contribution in [3.8, 4) is 0 Å². The van der Waals surface area contributed by atoms with Crippen LogP contribution in [0.2, 0.25) is 0 Å². The lowest BCUT2D eigenvalue weighted by atomic mass is 9.84. The van der Waals surface area contributed by atoms with Crippen molar-refractivity contribution < 1.29 is 9.59 Å². The molecule has 72 valence electrons. The third kappa shape index (κ3) is 2.82. The van der Waals surface area contributed by atoms with Gasteiger partial charge >= 0.3 is 0 Å². The Morgan fingerprint density at radius 3 is 2.54 bits per heavy atom. The number of hydrogen-bond donors (Lipinski definition) is 0. The molecular weight excluding hydrogens is 211 g/mol. The molecule has 1 aliphatic rings. The fourth-order valence-electron chi connectivity index (χ4n) is 1.58. The zero-order chi connectivity index (χ0) is 10.0. The molecule has 4 heteroatoms. The minimum atomic E-state index is -0.477. The van der Waals surface area contributed by atoms with Gasteiger partial charge in [-0.25, -0.2) is 0 Å². The van der Waals surface area contributed by atoms with Crippen LogP contribution >= 0.6 is 23.2 Å². The van der Waals surface area contributed by atoms with Crippen LogP contribution in [0.1, 0.15) is 19.8 Å². The molecule has 0 bridgehead atoms. The fraction of sp³-hybridized carbons (Fsp3) is 0.556. The second-order valence-corrected chi connectivity index (χ2v) is 4.14. The van der Waals surface area contributed by atoms with Crippen LogP contribution in [-0.2, 0) is 9.59 Å². The standard InChI is InChI=1S/C9H10Cl2O2/c1-5-2-6(8(10)12)4-7(3-5)9(11)13/h4-6H,2-3H2,1H3. The Labute approximate surface area is 86.9 Å². The quantitative estimate of drug-likeness (QED) is 0.671. The second-order valence-electron chi connectivity index (χ2n) is 3.42. The Morgan fingerprint density at radius 2 is 2.08 bits per heavy atom. The van der Waals surface area contributed by atoms with Crippen LogP contribution in [0, 0.1) is 11.8 Å². The number of carbonyl (C=O) groups excluding carboxylic acids is 2. The number of hydrogen-bond acceptors (Lipinski definition) is 2. The molecule has 0 aromatic heterocycles. The first-order chi connectivity index (χ1) is 6.00. The molecule has 0 radical (unpaired) electrons. The van der Waals surface area contributed by atoms with Gasteiger partial charge in [-0.3, -0.25) is 9.59 Å². The van der Waals surface area contributed by atoms with Crippen molar-refractivity contribution in [2.45, 2.75) is 19.8 Å². The highest BCUT2D eigenvalue weighted by Gasteiger charge is 2.25. The third-order valence-electron chi connectivity index (χ3n) is 2.17. The zero-order valence-electron chi connectivity index (χ0n) is 7.22. The van der Waals surface area contributed by atoms with E-state index in [9.17, 15) is 9.59 Å². The van der Waals surface area contributed by atoms with E-state index in [1.807, 2.05) is 6.92 Å². The van der Waals surface area contributed by atoms with Gasteiger partial charge in [0.25, 0.3) is 0 Å². The Kier molecular flexibility index (Phi) is 3.51. The van der Waals surface area contributed by atoms with E-state index in [4.69, 9.17) is 23.2 Å². The molecular formula is C9H10Cl2O2. The summed E-state index contributed by atoms with van der Waals surface area (Å²) in [5, 5.41) is -0.892. The fourth-order valence-corrected chi connectivity index (χ4v) is 1.87. The van der Waals surface area contributed by atoms with E-state index in [1.165, 1.54) is 0 Å². The van der Waals surface area contributed by atoms with Gasteiger partial charge in [0.1, 0.15) is 0 Å². The van der Waals surface area contributed by atoms with E-state index < -0.39 is 10.5 Å². The lowest BCUT2D eigenvalue weighted by molar-refractivity contribution is -0.114. The predicted octanol–water partition coefficient (Wildman–Crippen LogP) is 2.49. The lowest BCUT2D eigenvalue weighted by Crippen LogP contribution is -2.18. The molecule has 0 aliphatic heterocycles. The molecule has 0 spiro atoms. The highest BCUT2D eigenvalue weighted by molar-refractivity contribution is 6.68. The van der Waals surface area contributed by atoms with Crippen LogP contribution in [0.4, 0.5) is 0 Å². The molecule has 13 heavy (non-hydrogen) atoms. The van der Waals surface area contributed by atoms with Crippen LogP contribution in [0.15, 0.2) is 11.6 Å². The van der Waals surface area contributed by atoms with E-state index in [-0.39, 0.29) is 11.8 Å². The molecule has 2 nitrogen and oxygen atoms in total. The molecule has 0 saturated carbocycles. The zero-order valence-corrected chi connectivity index (χ0v) is 8.73. The molecule has 0 amide bonds. The van der Waals surface area contributed by atoms with E-state index in [0.29, 0.717) is 18.4 Å². The summed E-state index contributed by atoms with van der Waals surface area (Å²) in [6.07, 6.45) is 2.93. The Bertz CT molecular complexity index is 271. The van der Waals surface area contributed by atoms with Gasteiger partial charge < -0.3 is 0 Å². The molecule has 0 heterocycles. The van der Waals surface area contributed by atoms with Crippen LogP contribution in [0.25, 0.3) is 0 Å². The first-order valence-corrected chi connectivity index (χ1v) is 4.86. The maximum absolute atomic E-state index is 10.9. The summed E-state index contributed by atoms with van der Waals surface area (Å²) >= 11 is 10.7. The number of rotatable bonds is 2. The van der Waals surface area contributed by atoms with Gasteiger partial charge in [0, 0.05) is 5.57 Å². The summed E-state index contributed by atoms with van der Waals surface area (Å²) in [5.41, 5.74) is 0.513. The van der Waals surface area contributed by atoms with Crippen molar-refractivity contribution in [3.05, 3.63) is 11.6 Å². The van der Waals surface area contributed by atoms with E-state index in [0.717, 1.165) is 0 Å². The monoisotopic (exact) mass is 220 g/mol. The Morgan fingerprint density at radius 1 is 1.46 bits per heavy atom. The van der Waals surface area contributed by atoms with Crippen molar-refractivity contribution in [1.82, 2.24) is 0 Å². The average Bonchev–Trinajstić information content (AvgIpc) is 2.03. The summed E-state index contributed by atoms with van der Waals surface area (Å²) in [6, 6.07) is 0. The summed E-state index contributed by atoms with van der Waals surface area (Å²) < 4.78 is 0. The number of halogens is 2. The molecule has 0 saturated heterocycles. The topological polar surface area (TPSA) is 34.1 Å². The minimum Gasteiger partial charge on any atom is -0.281 e. The molecule has 0 aromatic carbocycles. The highest BCUT2D eigenvalue weighted by atomic mass is 35.5. The summed E-state index contributed by atoms with van der Waals surface area (Å²) in [4.78, 5) is 21.7. The van der Waals surface area contributed by atoms with E-state index in [1.54, 1.807) is 6.08 Å². The smallest absolute Gasteiger partial charge is 0.248 e. The maximum atomic E-state index is 10.9. The molecule has 1 rings (SSSR count).